The van der Waals surface area contributed by atoms with E-state index in [0.29, 0.717) is 19.1 Å². The van der Waals surface area contributed by atoms with Crippen molar-refractivity contribution in [3.05, 3.63) is 45.9 Å². The van der Waals surface area contributed by atoms with Crippen LogP contribution in [-0.4, -0.2) is 21.8 Å². The van der Waals surface area contributed by atoms with Crippen molar-refractivity contribution in [2.75, 3.05) is 0 Å². The van der Waals surface area contributed by atoms with Crippen LogP contribution in [0.1, 0.15) is 63.7 Å². The molecule has 0 spiro atoms. The molecule has 2 aromatic rings. The summed E-state index contributed by atoms with van der Waals surface area (Å²) in [4.78, 5) is 18.9. The summed E-state index contributed by atoms with van der Waals surface area (Å²) in [5.41, 5.74) is 2.13. The van der Waals surface area contributed by atoms with Crippen molar-refractivity contribution in [1.29, 1.82) is 0 Å². The molecule has 5 heteroatoms. The lowest BCUT2D eigenvalue weighted by Crippen LogP contribution is -2.39. The van der Waals surface area contributed by atoms with Crippen LogP contribution in [0.3, 0.4) is 0 Å². The summed E-state index contributed by atoms with van der Waals surface area (Å²) in [5, 5.41) is 2.95. The van der Waals surface area contributed by atoms with Crippen molar-refractivity contribution in [3.8, 4) is 5.75 Å². The molecule has 0 fully saturated rings. The van der Waals surface area contributed by atoms with Crippen LogP contribution < -0.4 is 4.74 Å². The van der Waals surface area contributed by atoms with Gasteiger partial charge in [-0.25, -0.2) is 4.98 Å². The van der Waals surface area contributed by atoms with E-state index in [-0.39, 0.29) is 17.9 Å². The zero-order chi connectivity index (χ0) is 19.3. The van der Waals surface area contributed by atoms with Crippen LogP contribution in [-0.2, 0) is 17.9 Å². The summed E-state index contributed by atoms with van der Waals surface area (Å²) in [6.07, 6.45) is 0. The van der Waals surface area contributed by atoms with E-state index in [1.54, 1.807) is 11.3 Å². The molecule has 0 saturated heterocycles. The molecule has 1 aromatic heterocycles. The lowest BCUT2D eigenvalue weighted by Gasteiger charge is -2.27. The number of hydrogen-bond donors (Lipinski definition) is 0. The molecule has 0 unspecified atom stereocenters. The average molecular weight is 375 g/mol. The van der Waals surface area contributed by atoms with Crippen LogP contribution >= 0.6 is 11.3 Å². The quantitative estimate of drug-likeness (QED) is 0.635. The zero-order valence-electron chi connectivity index (χ0n) is 16.7. The molecule has 0 bridgehead atoms. The number of ether oxygens (including phenoxy) is 1. The maximum absolute atomic E-state index is 12.4. The second kappa shape index (κ2) is 9.17. The molecule has 0 atom stereocenters. The van der Waals surface area contributed by atoms with Gasteiger partial charge in [0.25, 0.3) is 0 Å². The Hall–Kier alpha value is -1.88. The number of nitrogens with zero attached hydrogens (tertiary/aromatic N) is 2. The van der Waals surface area contributed by atoms with Gasteiger partial charge >= 0.3 is 0 Å². The summed E-state index contributed by atoms with van der Waals surface area (Å²) >= 11 is 1.58. The Morgan fingerprint density at radius 3 is 2.46 bits per heavy atom. The minimum atomic E-state index is -0.00799. The van der Waals surface area contributed by atoms with Crippen molar-refractivity contribution >= 4 is 17.2 Å². The SMILES string of the molecule is CC(C)C(=O)N(Cc1csc(COc2ccccc2C(C)C)n1)C(C)C. The molecule has 1 aromatic carbocycles. The Morgan fingerprint density at radius 2 is 1.85 bits per heavy atom. The monoisotopic (exact) mass is 374 g/mol. The molecular weight excluding hydrogens is 344 g/mol. The highest BCUT2D eigenvalue weighted by atomic mass is 32.1. The standard InChI is InChI=1S/C21H30N2O2S/c1-14(2)18-9-7-8-10-19(18)25-12-20-22-17(13-26-20)11-23(16(5)6)21(24)15(3)4/h7-10,13-16H,11-12H2,1-6H3. The molecular formula is C21H30N2O2S. The van der Waals surface area contributed by atoms with E-state index in [9.17, 15) is 4.79 Å². The Labute approximate surface area is 161 Å². The topological polar surface area (TPSA) is 42.4 Å². The van der Waals surface area contributed by atoms with E-state index in [2.05, 4.69) is 24.9 Å². The van der Waals surface area contributed by atoms with Gasteiger partial charge in [0.05, 0.1) is 12.2 Å². The molecule has 142 valence electrons. The molecule has 0 radical (unpaired) electrons. The van der Waals surface area contributed by atoms with E-state index in [0.717, 1.165) is 16.5 Å². The van der Waals surface area contributed by atoms with Crippen molar-refractivity contribution in [2.45, 2.75) is 66.7 Å². The van der Waals surface area contributed by atoms with Crippen LogP contribution in [0.5, 0.6) is 5.75 Å². The van der Waals surface area contributed by atoms with E-state index in [1.807, 2.05) is 56.2 Å². The van der Waals surface area contributed by atoms with Gasteiger partial charge in [-0.2, -0.15) is 0 Å². The number of carbonyl (C=O) groups is 1. The fourth-order valence-corrected chi connectivity index (χ4v) is 3.43. The summed E-state index contributed by atoms with van der Waals surface area (Å²) in [7, 11) is 0. The number of aromatic nitrogens is 1. The molecule has 2 rings (SSSR count). The third-order valence-corrected chi connectivity index (χ3v) is 5.10. The number of benzene rings is 1. The van der Waals surface area contributed by atoms with Crippen molar-refractivity contribution < 1.29 is 9.53 Å². The first-order valence-corrected chi connectivity index (χ1v) is 10.1. The van der Waals surface area contributed by atoms with Crippen molar-refractivity contribution in [1.82, 2.24) is 9.88 Å². The van der Waals surface area contributed by atoms with Crippen LogP contribution in [0.25, 0.3) is 0 Å². The first-order valence-electron chi connectivity index (χ1n) is 9.25. The summed E-state index contributed by atoms with van der Waals surface area (Å²) in [5.74, 6) is 1.49. The zero-order valence-corrected chi connectivity index (χ0v) is 17.5. The van der Waals surface area contributed by atoms with Crippen LogP contribution in [0.15, 0.2) is 29.6 Å². The third-order valence-electron chi connectivity index (χ3n) is 4.22. The Morgan fingerprint density at radius 1 is 1.15 bits per heavy atom. The predicted octanol–water partition coefficient (Wildman–Crippen LogP) is 5.24. The first-order chi connectivity index (χ1) is 12.3. The van der Waals surface area contributed by atoms with Gasteiger partial charge < -0.3 is 9.64 Å². The van der Waals surface area contributed by atoms with Gasteiger partial charge in [-0.1, -0.05) is 45.9 Å². The predicted molar refractivity (Wildman–Crippen MR) is 108 cm³/mol. The molecule has 1 amide bonds. The van der Waals surface area contributed by atoms with E-state index in [1.165, 1.54) is 5.56 Å². The van der Waals surface area contributed by atoms with Crippen LogP contribution in [0.2, 0.25) is 0 Å². The molecule has 0 aliphatic heterocycles. The van der Waals surface area contributed by atoms with Crippen molar-refractivity contribution in [2.24, 2.45) is 5.92 Å². The van der Waals surface area contributed by atoms with Gasteiger partial charge in [0.15, 0.2) is 0 Å². The lowest BCUT2D eigenvalue weighted by atomic mass is 10.0. The minimum absolute atomic E-state index is 0.00799. The Kier molecular flexibility index (Phi) is 7.21. The molecule has 1 heterocycles. The number of rotatable bonds is 8. The number of thiazole rings is 1. The highest BCUT2D eigenvalue weighted by Gasteiger charge is 2.21. The average Bonchev–Trinajstić information content (AvgIpc) is 3.04. The smallest absolute Gasteiger partial charge is 0.225 e. The van der Waals surface area contributed by atoms with Crippen LogP contribution in [0.4, 0.5) is 0 Å². The van der Waals surface area contributed by atoms with E-state index < -0.39 is 0 Å². The summed E-state index contributed by atoms with van der Waals surface area (Å²) in [6.45, 7) is 13.3. The number of amides is 1. The highest BCUT2D eigenvalue weighted by molar-refractivity contribution is 7.09. The fraction of sp³-hybridized carbons (Fsp3) is 0.524. The van der Waals surface area contributed by atoms with Gasteiger partial charge in [-0.05, 0) is 31.4 Å². The summed E-state index contributed by atoms with van der Waals surface area (Å²) in [6, 6.07) is 8.30. The molecule has 0 saturated carbocycles. The molecule has 4 nitrogen and oxygen atoms in total. The van der Waals surface area contributed by atoms with Gasteiger partial charge in [0.1, 0.15) is 17.4 Å². The minimum Gasteiger partial charge on any atom is -0.486 e. The number of hydrogen-bond acceptors (Lipinski definition) is 4. The van der Waals surface area contributed by atoms with Gasteiger partial charge in [-0.15, -0.1) is 11.3 Å². The van der Waals surface area contributed by atoms with E-state index >= 15 is 0 Å². The van der Waals surface area contributed by atoms with Crippen LogP contribution in [0, 0.1) is 5.92 Å². The fourth-order valence-electron chi connectivity index (χ4n) is 2.74. The van der Waals surface area contributed by atoms with Gasteiger partial charge in [0, 0.05) is 17.3 Å². The Bertz CT molecular complexity index is 722. The number of para-hydroxylation sites is 1. The summed E-state index contributed by atoms with van der Waals surface area (Å²) < 4.78 is 6.00. The highest BCUT2D eigenvalue weighted by Crippen LogP contribution is 2.27. The largest absolute Gasteiger partial charge is 0.486 e. The second-order valence-electron chi connectivity index (χ2n) is 7.43. The molecule has 26 heavy (non-hydrogen) atoms. The third kappa shape index (κ3) is 5.31. The van der Waals surface area contributed by atoms with Gasteiger partial charge in [-0.3, -0.25) is 4.79 Å². The maximum Gasteiger partial charge on any atom is 0.225 e. The maximum atomic E-state index is 12.4. The number of carbonyl (C=O) groups excluding carboxylic acids is 1. The molecule has 0 aliphatic rings. The second-order valence-corrected chi connectivity index (χ2v) is 8.37. The lowest BCUT2D eigenvalue weighted by molar-refractivity contribution is -0.136. The normalized spacial score (nSPS) is 11.4. The van der Waals surface area contributed by atoms with Crippen molar-refractivity contribution in [3.63, 3.8) is 0 Å². The van der Waals surface area contributed by atoms with Gasteiger partial charge in [0.2, 0.25) is 5.91 Å². The molecule has 0 aliphatic carbocycles. The first kappa shape index (κ1) is 20.4. The Balaban J connectivity index is 2.03. The molecule has 0 N–H and O–H groups in total. The van der Waals surface area contributed by atoms with E-state index in [4.69, 9.17) is 4.74 Å².